The molecule has 0 bridgehead atoms. The molecule has 0 aliphatic rings. The molecule has 176 valence electrons. The van der Waals surface area contributed by atoms with Crippen molar-refractivity contribution in [2.45, 2.75) is 20.5 Å². The molecule has 3 rings (SSSR count). The number of halogens is 2. The highest BCUT2D eigenvalue weighted by molar-refractivity contribution is 6.42. The molecule has 34 heavy (non-hydrogen) atoms. The van der Waals surface area contributed by atoms with Gasteiger partial charge in [-0.05, 0) is 61.4 Å². The summed E-state index contributed by atoms with van der Waals surface area (Å²) in [7, 11) is 0. The average Bonchev–Trinajstić information content (AvgIpc) is 2.81. The van der Waals surface area contributed by atoms with E-state index in [2.05, 4.69) is 21.9 Å². The molecule has 3 aromatic rings. The summed E-state index contributed by atoms with van der Waals surface area (Å²) in [5.41, 5.74) is 5.38. The first-order chi connectivity index (χ1) is 16.4. The maximum Gasteiger partial charge on any atom is 0.329 e. The van der Waals surface area contributed by atoms with Crippen molar-refractivity contribution in [2.24, 2.45) is 5.10 Å². The molecule has 0 aromatic heterocycles. The van der Waals surface area contributed by atoms with Gasteiger partial charge in [-0.25, -0.2) is 5.43 Å². The molecular weight excluding hydrogens is 477 g/mol. The Kier molecular flexibility index (Phi) is 8.90. The van der Waals surface area contributed by atoms with Gasteiger partial charge in [-0.3, -0.25) is 9.59 Å². The number of nitrogens with one attached hydrogen (secondary N) is 2. The Bertz CT molecular complexity index is 1210. The summed E-state index contributed by atoms with van der Waals surface area (Å²) >= 11 is 11.7. The van der Waals surface area contributed by atoms with E-state index in [9.17, 15) is 9.59 Å². The SMILES string of the molecule is CCOc1cc(C=NNC(=O)C(=O)Nc2ccc(Cl)c(Cl)c2)ccc1OCc1cccc(C)c1. The number of nitrogens with zero attached hydrogens (tertiary/aromatic N) is 1. The minimum Gasteiger partial charge on any atom is -0.490 e. The molecule has 9 heteroatoms. The van der Waals surface area contributed by atoms with E-state index in [1.807, 2.05) is 32.0 Å². The van der Waals surface area contributed by atoms with Crippen molar-refractivity contribution >= 4 is 46.9 Å². The predicted octanol–water partition coefficient (Wildman–Crippen LogP) is 5.37. The molecule has 7 nitrogen and oxygen atoms in total. The molecule has 0 saturated heterocycles. The molecule has 0 atom stereocenters. The summed E-state index contributed by atoms with van der Waals surface area (Å²) in [6.07, 6.45) is 1.40. The molecule has 0 saturated carbocycles. The standard InChI is InChI=1S/C25H23Cl2N3O4/c1-3-33-23-12-17(7-10-22(23)34-15-18-6-4-5-16(2)11-18)14-28-30-25(32)24(31)29-19-8-9-20(26)21(27)13-19/h4-14H,3,15H2,1-2H3,(H,29,31)(H,30,32). The number of hydrogen-bond donors (Lipinski definition) is 2. The van der Waals surface area contributed by atoms with Gasteiger partial charge in [0.1, 0.15) is 6.61 Å². The van der Waals surface area contributed by atoms with Crippen LogP contribution in [0.4, 0.5) is 5.69 Å². The molecule has 0 heterocycles. The van der Waals surface area contributed by atoms with Crippen LogP contribution < -0.4 is 20.2 Å². The summed E-state index contributed by atoms with van der Waals surface area (Å²) in [5, 5.41) is 6.86. The number of hydrazone groups is 1. The van der Waals surface area contributed by atoms with Crippen molar-refractivity contribution < 1.29 is 19.1 Å². The Labute approximate surface area is 207 Å². The Morgan fingerprint density at radius 2 is 1.76 bits per heavy atom. The van der Waals surface area contributed by atoms with Gasteiger partial charge in [0.25, 0.3) is 0 Å². The van der Waals surface area contributed by atoms with Crippen molar-refractivity contribution in [3.63, 3.8) is 0 Å². The van der Waals surface area contributed by atoms with Crippen molar-refractivity contribution in [2.75, 3.05) is 11.9 Å². The average molecular weight is 500 g/mol. The lowest BCUT2D eigenvalue weighted by Gasteiger charge is -2.13. The number of amides is 2. The van der Waals surface area contributed by atoms with Crippen LogP contribution in [-0.2, 0) is 16.2 Å². The minimum atomic E-state index is -0.939. The number of carbonyl (C=O) groups is 2. The van der Waals surface area contributed by atoms with Gasteiger partial charge < -0.3 is 14.8 Å². The van der Waals surface area contributed by atoms with Gasteiger partial charge in [-0.15, -0.1) is 0 Å². The summed E-state index contributed by atoms with van der Waals surface area (Å²) in [4.78, 5) is 24.1. The molecule has 0 aliphatic heterocycles. The monoisotopic (exact) mass is 499 g/mol. The van der Waals surface area contributed by atoms with E-state index < -0.39 is 11.8 Å². The molecule has 0 radical (unpaired) electrons. The first-order valence-electron chi connectivity index (χ1n) is 10.4. The van der Waals surface area contributed by atoms with Crippen LogP contribution in [-0.4, -0.2) is 24.6 Å². The van der Waals surface area contributed by atoms with E-state index in [0.29, 0.717) is 41.0 Å². The van der Waals surface area contributed by atoms with Crippen LogP contribution in [0.25, 0.3) is 0 Å². The normalized spacial score (nSPS) is 10.7. The Morgan fingerprint density at radius 3 is 2.50 bits per heavy atom. The fourth-order valence-corrected chi connectivity index (χ4v) is 3.23. The molecule has 2 N–H and O–H groups in total. The topological polar surface area (TPSA) is 89.0 Å². The molecule has 0 aliphatic carbocycles. The van der Waals surface area contributed by atoms with Gasteiger partial charge >= 0.3 is 11.8 Å². The third kappa shape index (κ3) is 7.23. The number of carbonyl (C=O) groups excluding carboxylic acids is 2. The number of hydrogen-bond acceptors (Lipinski definition) is 5. The number of anilines is 1. The quantitative estimate of drug-likeness (QED) is 0.247. The second kappa shape index (κ2) is 12.1. The third-order valence-electron chi connectivity index (χ3n) is 4.51. The first kappa shape index (κ1) is 25.1. The summed E-state index contributed by atoms with van der Waals surface area (Å²) in [6.45, 7) is 4.75. The van der Waals surface area contributed by atoms with Crippen molar-refractivity contribution in [1.29, 1.82) is 0 Å². The van der Waals surface area contributed by atoms with E-state index in [4.69, 9.17) is 32.7 Å². The smallest absolute Gasteiger partial charge is 0.329 e. The van der Waals surface area contributed by atoms with Gasteiger partial charge in [0.2, 0.25) is 0 Å². The summed E-state index contributed by atoms with van der Waals surface area (Å²) < 4.78 is 11.6. The van der Waals surface area contributed by atoms with Gasteiger partial charge in [-0.2, -0.15) is 5.10 Å². The highest BCUT2D eigenvalue weighted by Gasteiger charge is 2.13. The number of rotatable bonds is 8. The number of benzene rings is 3. The molecular formula is C25H23Cl2N3O4. The fourth-order valence-electron chi connectivity index (χ4n) is 2.93. The maximum atomic E-state index is 12.0. The molecule has 2 amide bonds. The van der Waals surface area contributed by atoms with Crippen LogP contribution in [0.2, 0.25) is 10.0 Å². The summed E-state index contributed by atoms with van der Waals surface area (Å²) in [5.74, 6) is -0.704. The van der Waals surface area contributed by atoms with Crippen LogP contribution in [0, 0.1) is 6.92 Å². The first-order valence-corrected chi connectivity index (χ1v) is 11.2. The second-order valence-electron chi connectivity index (χ2n) is 7.20. The second-order valence-corrected chi connectivity index (χ2v) is 8.01. The largest absolute Gasteiger partial charge is 0.490 e. The van der Waals surface area contributed by atoms with E-state index in [0.717, 1.165) is 11.1 Å². The lowest BCUT2D eigenvalue weighted by molar-refractivity contribution is -0.136. The van der Waals surface area contributed by atoms with Crippen molar-refractivity contribution in [3.05, 3.63) is 87.4 Å². The Hall–Kier alpha value is -3.55. The van der Waals surface area contributed by atoms with E-state index in [-0.39, 0.29) is 5.02 Å². The lowest BCUT2D eigenvalue weighted by Crippen LogP contribution is -2.32. The Morgan fingerprint density at radius 1 is 0.941 bits per heavy atom. The zero-order valence-electron chi connectivity index (χ0n) is 18.6. The number of ether oxygens (including phenoxy) is 2. The van der Waals surface area contributed by atoms with Gasteiger partial charge in [0, 0.05) is 5.69 Å². The van der Waals surface area contributed by atoms with Gasteiger partial charge in [-0.1, -0.05) is 53.0 Å². The highest BCUT2D eigenvalue weighted by atomic mass is 35.5. The molecule has 0 unspecified atom stereocenters. The molecule has 0 fully saturated rings. The van der Waals surface area contributed by atoms with Gasteiger partial charge in [0.05, 0.1) is 22.9 Å². The van der Waals surface area contributed by atoms with Crippen LogP contribution in [0.5, 0.6) is 11.5 Å². The zero-order valence-corrected chi connectivity index (χ0v) is 20.1. The molecule has 3 aromatic carbocycles. The van der Waals surface area contributed by atoms with E-state index >= 15 is 0 Å². The van der Waals surface area contributed by atoms with Crippen molar-refractivity contribution in [1.82, 2.24) is 5.43 Å². The zero-order chi connectivity index (χ0) is 24.5. The predicted molar refractivity (Wildman–Crippen MR) is 134 cm³/mol. The van der Waals surface area contributed by atoms with Crippen LogP contribution in [0.3, 0.4) is 0 Å². The van der Waals surface area contributed by atoms with E-state index in [1.165, 1.54) is 24.4 Å². The molecule has 0 spiro atoms. The van der Waals surface area contributed by atoms with E-state index in [1.54, 1.807) is 18.2 Å². The number of aryl methyl sites for hydroxylation is 1. The third-order valence-corrected chi connectivity index (χ3v) is 5.25. The van der Waals surface area contributed by atoms with Crippen LogP contribution >= 0.6 is 23.2 Å². The summed E-state index contributed by atoms with van der Waals surface area (Å²) in [6, 6.07) is 17.8. The highest BCUT2D eigenvalue weighted by Crippen LogP contribution is 2.29. The van der Waals surface area contributed by atoms with Crippen LogP contribution in [0.1, 0.15) is 23.6 Å². The van der Waals surface area contributed by atoms with Gasteiger partial charge in [0.15, 0.2) is 11.5 Å². The lowest BCUT2D eigenvalue weighted by atomic mass is 10.1. The maximum absolute atomic E-state index is 12.0. The van der Waals surface area contributed by atoms with Crippen molar-refractivity contribution in [3.8, 4) is 11.5 Å². The minimum absolute atomic E-state index is 0.259. The Balaban J connectivity index is 1.59. The van der Waals surface area contributed by atoms with Crippen LogP contribution in [0.15, 0.2) is 65.8 Å². The fraction of sp³-hybridized carbons (Fsp3) is 0.160.